The van der Waals surface area contributed by atoms with Gasteiger partial charge in [0, 0.05) is 18.2 Å². The minimum atomic E-state index is -1.11. The Morgan fingerprint density at radius 3 is 2.69 bits per heavy atom. The van der Waals surface area contributed by atoms with E-state index in [1.165, 1.54) is 6.92 Å². The number of carbonyl (C=O) groups is 4. The molecule has 0 spiro atoms. The minimum Gasteiger partial charge on any atom is -0.451 e. The second-order valence-electron chi connectivity index (χ2n) is 7.29. The van der Waals surface area contributed by atoms with Crippen LogP contribution in [0.5, 0.6) is 0 Å². The first-order chi connectivity index (χ1) is 12.3. The number of fused-ring (bicyclic) bond motifs is 1. The number of carbonyl (C=O) groups excluding carboxylic acids is 4. The van der Waals surface area contributed by atoms with Gasteiger partial charge in [0.2, 0.25) is 5.91 Å². The normalized spacial score (nSPS) is 29.4. The fourth-order valence-corrected chi connectivity index (χ4v) is 5.22. The molecule has 3 atom stereocenters. The molecule has 0 unspecified atom stereocenters. The van der Waals surface area contributed by atoms with E-state index in [0.29, 0.717) is 18.6 Å². The highest BCUT2D eigenvalue weighted by Gasteiger charge is 2.53. The maximum absolute atomic E-state index is 12.4. The topological polar surface area (TPSA) is 105 Å². The molecule has 1 aliphatic carbocycles. The van der Waals surface area contributed by atoms with Crippen molar-refractivity contribution in [2.24, 2.45) is 0 Å². The summed E-state index contributed by atoms with van der Waals surface area (Å²) in [4.78, 5) is 49.7. The Labute approximate surface area is 156 Å². The Balaban J connectivity index is 1.50. The van der Waals surface area contributed by atoms with E-state index in [0.717, 1.165) is 25.7 Å². The van der Waals surface area contributed by atoms with Crippen molar-refractivity contribution in [3.05, 3.63) is 0 Å². The summed E-state index contributed by atoms with van der Waals surface area (Å²) in [5.41, 5.74) is 0. The van der Waals surface area contributed by atoms with Gasteiger partial charge in [-0.05, 0) is 33.1 Å². The molecule has 144 valence electrons. The van der Waals surface area contributed by atoms with Crippen LogP contribution in [-0.4, -0.2) is 57.5 Å². The molecule has 2 heterocycles. The summed E-state index contributed by atoms with van der Waals surface area (Å²) in [6.45, 7) is 3.36. The van der Waals surface area contributed by atoms with Crippen molar-refractivity contribution in [2.75, 3.05) is 5.75 Å². The van der Waals surface area contributed by atoms with Gasteiger partial charge in [-0.25, -0.2) is 9.59 Å². The third kappa shape index (κ3) is 3.82. The van der Waals surface area contributed by atoms with E-state index in [4.69, 9.17) is 4.74 Å². The molecule has 3 rings (SSSR count). The fourth-order valence-electron chi connectivity index (χ4n) is 3.81. The Morgan fingerprint density at radius 2 is 2.00 bits per heavy atom. The second kappa shape index (κ2) is 7.46. The van der Waals surface area contributed by atoms with Gasteiger partial charge in [-0.1, -0.05) is 12.8 Å². The molecular weight excluding hydrogens is 358 g/mol. The smallest absolute Gasteiger partial charge is 0.330 e. The Bertz CT molecular complexity index is 622. The number of amides is 4. The predicted octanol–water partition coefficient (Wildman–Crippen LogP) is 1.14. The summed E-state index contributed by atoms with van der Waals surface area (Å²) in [6, 6.07) is -1.15. The average molecular weight is 383 g/mol. The fraction of sp³-hybridized carbons (Fsp3) is 0.765. The number of nitrogens with one attached hydrogen (secondary N) is 2. The van der Waals surface area contributed by atoms with Crippen LogP contribution < -0.4 is 10.6 Å². The molecule has 3 aliphatic rings. The van der Waals surface area contributed by atoms with Crippen molar-refractivity contribution in [3.8, 4) is 0 Å². The maximum atomic E-state index is 12.4. The van der Waals surface area contributed by atoms with Crippen molar-refractivity contribution in [3.63, 3.8) is 0 Å². The van der Waals surface area contributed by atoms with E-state index in [2.05, 4.69) is 10.6 Å². The van der Waals surface area contributed by atoms with Crippen molar-refractivity contribution >= 4 is 35.6 Å². The van der Waals surface area contributed by atoms with Gasteiger partial charge in [0.25, 0.3) is 5.91 Å². The number of rotatable bonds is 4. The molecule has 0 aromatic heterocycles. The summed E-state index contributed by atoms with van der Waals surface area (Å²) in [5, 5.41) is 4.96. The third-order valence-corrected chi connectivity index (χ3v) is 6.81. The van der Waals surface area contributed by atoms with Crippen LogP contribution in [-0.2, 0) is 19.1 Å². The molecule has 2 aliphatic heterocycles. The van der Waals surface area contributed by atoms with Crippen LogP contribution >= 0.6 is 11.8 Å². The number of hydrogen-bond acceptors (Lipinski definition) is 6. The van der Waals surface area contributed by atoms with Crippen LogP contribution in [0.4, 0.5) is 4.79 Å². The first-order valence-corrected chi connectivity index (χ1v) is 10.1. The molecule has 1 saturated carbocycles. The zero-order valence-corrected chi connectivity index (χ0v) is 15.9. The van der Waals surface area contributed by atoms with Crippen molar-refractivity contribution < 1.29 is 23.9 Å². The van der Waals surface area contributed by atoms with Gasteiger partial charge < -0.3 is 15.0 Å². The van der Waals surface area contributed by atoms with E-state index >= 15 is 0 Å². The van der Waals surface area contributed by atoms with E-state index in [-0.39, 0.29) is 16.8 Å². The van der Waals surface area contributed by atoms with Crippen LogP contribution in [0.25, 0.3) is 0 Å². The summed E-state index contributed by atoms with van der Waals surface area (Å²) in [5.74, 6) is -0.879. The predicted molar refractivity (Wildman–Crippen MR) is 95.2 cm³/mol. The summed E-state index contributed by atoms with van der Waals surface area (Å²) in [6.07, 6.45) is 3.98. The van der Waals surface area contributed by atoms with E-state index < -0.39 is 30.1 Å². The summed E-state index contributed by atoms with van der Waals surface area (Å²) in [7, 11) is 0. The number of hydrogen-bond donors (Lipinski definition) is 2. The molecule has 0 bridgehead atoms. The lowest BCUT2D eigenvalue weighted by molar-refractivity contribution is -0.161. The summed E-state index contributed by atoms with van der Waals surface area (Å²) < 4.78 is 5.23. The lowest BCUT2D eigenvalue weighted by atomic mass is 10.2. The Hall–Kier alpha value is -1.77. The highest BCUT2D eigenvalue weighted by molar-refractivity contribution is 8.01. The van der Waals surface area contributed by atoms with Crippen molar-refractivity contribution in [2.45, 2.75) is 75.4 Å². The lowest BCUT2D eigenvalue weighted by Gasteiger charge is -2.29. The monoisotopic (exact) mass is 383 g/mol. The molecule has 0 aromatic carbocycles. The maximum Gasteiger partial charge on any atom is 0.330 e. The van der Waals surface area contributed by atoms with Gasteiger partial charge in [0.1, 0.15) is 6.04 Å². The van der Waals surface area contributed by atoms with Crippen LogP contribution in [0.2, 0.25) is 0 Å². The van der Waals surface area contributed by atoms with Gasteiger partial charge >= 0.3 is 12.0 Å². The molecule has 3 fully saturated rings. The molecule has 2 saturated heterocycles. The van der Waals surface area contributed by atoms with Gasteiger partial charge in [-0.2, -0.15) is 0 Å². The SMILES string of the molecule is C[C@H](OC(=O)[C@H]1CS[C@@]2(C)CCC(=O)N12)C(=O)NC(=O)NC1CCCC1. The van der Waals surface area contributed by atoms with Crippen LogP contribution in [0.1, 0.15) is 52.4 Å². The number of imide groups is 1. The molecule has 0 aromatic rings. The number of thioether (sulfide) groups is 1. The standard InChI is InChI=1S/C17H25N3O5S/c1-10(14(22)19-16(24)18-11-5-3-4-6-11)25-15(23)12-9-26-17(2)8-7-13(21)20(12)17/h10-12H,3-9H2,1-2H3,(H2,18,19,22,24)/t10-,12+,17-/m0/s1. The molecule has 9 heteroatoms. The quantitative estimate of drug-likeness (QED) is 0.706. The van der Waals surface area contributed by atoms with Crippen LogP contribution in [0.3, 0.4) is 0 Å². The van der Waals surface area contributed by atoms with Crippen LogP contribution in [0, 0.1) is 0 Å². The largest absolute Gasteiger partial charge is 0.451 e. The molecule has 8 nitrogen and oxygen atoms in total. The highest BCUT2D eigenvalue weighted by Crippen LogP contribution is 2.47. The van der Waals surface area contributed by atoms with Gasteiger partial charge in [-0.15, -0.1) is 11.8 Å². The number of nitrogens with zero attached hydrogens (tertiary/aromatic N) is 1. The molecule has 4 amide bonds. The zero-order valence-electron chi connectivity index (χ0n) is 15.1. The van der Waals surface area contributed by atoms with Crippen molar-refractivity contribution in [1.29, 1.82) is 0 Å². The van der Waals surface area contributed by atoms with E-state index in [1.54, 1.807) is 16.7 Å². The molecular formula is C17H25N3O5S. The summed E-state index contributed by atoms with van der Waals surface area (Å²) >= 11 is 1.56. The number of esters is 1. The lowest BCUT2D eigenvalue weighted by Crippen LogP contribution is -2.50. The molecule has 2 N–H and O–H groups in total. The Kier molecular flexibility index (Phi) is 5.45. The minimum absolute atomic E-state index is 0.0625. The number of urea groups is 1. The van der Waals surface area contributed by atoms with Gasteiger partial charge in [0.05, 0.1) is 4.87 Å². The van der Waals surface area contributed by atoms with E-state index in [1.807, 2.05) is 6.92 Å². The number of ether oxygens (including phenoxy) is 1. The van der Waals surface area contributed by atoms with Gasteiger partial charge in [0.15, 0.2) is 6.10 Å². The second-order valence-corrected chi connectivity index (χ2v) is 8.79. The Morgan fingerprint density at radius 1 is 1.31 bits per heavy atom. The first-order valence-electron chi connectivity index (χ1n) is 9.08. The molecule has 26 heavy (non-hydrogen) atoms. The third-order valence-electron chi connectivity index (χ3n) is 5.31. The van der Waals surface area contributed by atoms with Crippen molar-refractivity contribution in [1.82, 2.24) is 15.5 Å². The average Bonchev–Trinajstić information content (AvgIpc) is 3.26. The zero-order chi connectivity index (χ0) is 18.9. The highest BCUT2D eigenvalue weighted by atomic mass is 32.2. The van der Waals surface area contributed by atoms with Gasteiger partial charge in [-0.3, -0.25) is 14.9 Å². The van der Waals surface area contributed by atoms with E-state index in [9.17, 15) is 19.2 Å². The first kappa shape index (κ1) is 19.0. The van der Waals surface area contributed by atoms with Crippen LogP contribution in [0.15, 0.2) is 0 Å². The molecule has 0 radical (unpaired) electrons.